The molecule has 0 spiro atoms. The quantitative estimate of drug-likeness (QED) is 0.860. The summed E-state index contributed by atoms with van der Waals surface area (Å²) in [5.74, 6) is 2.39. The number of fused-ring (bicyclic) bond motifs is 1. The SMILES string of the molecule is CC1(C)CSCC(Nc2ccc(Cl)c3cccnc23)C1. The number of pyridine rings is 1. The van der Waals surface area contributed by atoms with Crippen molar-refractivity contribution in [2.75, 3.05) is 16.8 Å². The van der Waals surface area contributed by atoms with Crippen molar-refractivity contribution in [3.05, 3.63) is 35.5 Å². The molecule has 1 N–H and O–H groups in total. The van der Waals surface area contributed by atoms with Crippen molar-refractivity contribution in [2.24, 2.45) is 5.41 Å². The largest absolute Gasteiger partial charge is 0.380 e. The first-order valence-electron chi connectivity index (χ1n) is 6.93. The number of hydrogen-bond donors (Lipinski definition) is 1. The molecule has 1 saturated heterocycles. The minimum absolute atomic E-state index is 0.399. The van der Waals surface area contributed by atoms with Crippen LogP contribution in [0.15, 0.2) is 30.5 Å². The molecule has 0 bridgehead atoms. The Morgan fingerprint density at radius 2 is 2.20 bits per heavy atom. The Bertz CT molecular complexity index is 627. The number of anilines is 1. The number of aromatic nitrogens is 1. The van der Waals surface area contributed by atoms with Crippen LogP contribution in [0.2, 0.25) is 5.02 Å². The van der Waals surface area contributed by atoms with Gasteiger partial charge in [-0.3, -0.25) is 4.98 Å². The zero-order valence-electron chi connectivity index (χ0n) is 11.8. The summed E-state index contributed by atoms with van der Waals surface area (Å²) in [4.78, 5) is 4.49. The molecule has 1 unspecified atom stereocenters. The topological polar surface area (TPSA) is 24.9 Å². The van der Waals surface area contributed by atoms with E-state index in [1.165, 1.54) is 12.2 Å². The second-order valence-electron chi connectivity index (χ2n) is 6.22. The zero-order chi connectivity index (χ0) is 14.2. The number of halogens is 1. The minimum atomic E-state index is 0.399. The lowest BCUT2D eigenvalue weighted by molar-refractivity contribution is 0.358. The maximum Gasteiger partial charge on any atom is 0.0948 e. The number of thioether (sulfide) groups is 1. The van der Waals surface area contributed by atoms with E-state index in [9.17, 15) is 0 Å². The molecular weight excluding hydrogens is 288 g/mol. The van der Waals surface area contributed by atoms with Gasteiger partial charge in [-0.15, -0.1) is 0 Å². The molecule has 106 valence electrons. The molecule has 4 heteroatoms. The van der Waals surface area contributed by atoms with E-state index < -0.39 is 0 Å². The summed E-state index contributed by atoms with van der Waals surface area (Å²) in [7, 11) is 0. The summed E-state index contributed by atoms with van der Waals surface area (Å²) in [6, 6.07) is 8.45. The Morgan fingerprint density at radius 3 is 3.00 bits per heavy atom. The smallest absolute Gasteiger partial charge is 0.0948 e. The Labute approximate surface area is 129 Å². The third-order valence-electron chi connectivity index (χ3n) is 3.69. The van der Waals surface area contributed by atoms with Gasteiger partial charge in [-0.05, 0) is 41.9 Å². The van der Waals surface area contributed by atoms with E-state index in [-0.39, 0.29) is 0 Å². The van der Waals surface area contributed by atoms with Gasteiger partial charge in [-0.1, -0.05) is 25.4 Å². The molecule has 0 radical (unpaired) electrons. The van der Waals surface area contributed by atoms with Crippen LogP contribution in [0, 0.1) is 5.41 Å². The van der Waals surface area contributed by atoms with Gasteiger partial charge in [-0.25, -0.2) is 0 Å². The molecule has 1 aromatic heterocycles. The average Bonchev–Trinajstić information content (AvgIpc) is 2.41. The Morgan fingerprint density at radius 1 is 1.35 bits per heavy atom. The molecule has 0 amide bonds. The van der Waals surface area contributed by atoms with Crippen LogP contribution in [-0.2, 0) is 0 Å². The van der Waals surface area contributed by atoms with Crippen LogP contribution in [0.3, 0.4) is 0 Å². The number of hydrogen-bond acceptors (Lipinski definition) is 3. The molecule has 1 aliphatic rings. The molecule has 1 fully saturated rings. The Kier molecular flexibility index (Phi) is 3.83. The standard InChI is InChI=1S/C16H19ClN2S/c1-16(2)8-11(9-20-10-16)19-14-6-5-13(17)12-4-3-7-18-15(12)14/h3-7,11,19H,8-10H2,1-2H3. The zero-order valence-corrected chi connectivity index (χ0v) is 13.4. The predicted octanol–water partition coefficient (Wildman–Crippen LogP) is 4.83. The normalized spacial score (nSPS) is 21.9. The second kappa shape index (κ2) is 5.45. The molecule has 3 rings (SSSR count). The monoisotopic (exact) mass is 306 g/mol. The first kappa shape index (κ1) is 14.0. The highest BCUT2D eigenvalue weighted by atomic mass is 35.5. The van der Waals surface area contributed by atoms with Crippen molar-refractivity contribution in [1.29, 1.82) is 0 Å². The fourth-order valence-electron chi connectivity index (χ4n) is 2.83. The van der Waals surface area contributed by atoms with E-state index in [0.29, 0.717) is 11.5 Å². The fourth-order valence-corrected chi connectivity index (χ4v) is 4.32. The summed E-state index contributed by atoms with van der Waals surface area (Å²) in [5, 5.41) is 5.44. The Balaban J connectivity index is 1.90. The lowest BCUT2D eigenvalue weighted by Gasteiger charge is -2.35. The van der Waals surface area contributed by atoms with E-state index in [4.69, 9.17) is 11.6 Å². The number of nitrogens with zero attached hydrogens (tertiary/aromatic N) is 1. The van der Waals surface area contributed by atoms with Crippen LogP contribution in [0.5, 0.6) is 0 Å². The third-order valence-corrected chi connectivity index (χ3v) is 5.64. The van der Waals surface area contributed by atoms with E-state index in [2.05, 4.69) is 24.1 Å². The van der Waals surface area contributed by atoms with Gasteiger partial charge in [-0.2, -0.15) is 11.8 Å². The maximum absolute atomic E-state index is 6.25. The molecular formula is C16H19ClN2S. The van der Waals surface area contributed by atoms with Gasteiger partial charge in [0.25, 0.3) is 0 Å². The Hall–Kier alpha value is -0.930. The summed E-state index contributed by atoms with van der Waals surface area (Å²) in [5.41, 5.74) is 2.46. The molecule has 1 aliphatic heterocycles. The van der Waals surface area contributed by atoms with Crippen molar-refractivity contribution in [3.63, 3.8) is 0 Å². The van der Waals surface area contributed by atoms with Crippen LogP contribution in [0.4, 0.5) is 5.69 Å². The second-order valence-corrected chi connectivity index (χ2v) is 7.66. The van der Waals surface area contributed by atoms with E-state index >= 15 is 0 Å². The van der Waals surface area contributed by atoms with Gasteiger partial charge < -0.3 is 5.32 Å². The van der Waals surface area contributed by atoms with Crippen molar-refractivity contribution >= 4 is 40.0 Å². The van der Waals surface area contributed by atoms with Gasteiger partial charge in [0.05, 0.1) is 16.2 Å². The highest BCUT2D eigenvalue weighted by Crippen LogP contribution is 2.36. The minimum Gasteiger partial charge on any atom is -0.380 e. The molecule has 1 aromatic carbocycles. The molecule has 0 saturated carbocycles. The first-order chi connectivity index (χ1) is 9.55. The van der Waals surface area contributed by atoms with Gasteiger partial charge in [0.2, 0.25) is 0 Å². The lowest BCUT2D eigenvalue weighted by Crippen LogP contribution is -2.35. The van der Waals surface area contributed by atoms with Crippen LogP contribution >= 0.6 is 23.4 Å². The summed E-state index contributed by atoms with van der Waals surface area (Å²) in [6.45, 7) is 4.68. The van der Waals surface area contributed by atoms with Crippen molar-refractivity contribution in [3.8, 4) is 0 Å². The number of rotatable bonds is 2. The molecule has 2 nitrogen and oxygen atoms in total. The lowest BCUT2D eigenvalue weighted by atomic mass is 9.87. The predicted molar refractivity (Wildman–Crippen MR) is 89.9 cm³/mol. The summed E-state index contributed by atoms with van der Waals surface area (Å²) in [6.07, 6.45) is 3.01. The van der Waals surface area contributed by atoms with Crippen LogP contribution in [-0.4, -0.2) is 22.5 Å². The highest BCUT2D eigenvalue weighted by Gasteiger charge is 2.28. The average molecular weight is 307 g/mol. The van der Waals surface area contributed by atoms with Gasteiger partial charge >= 0.3 is 0 Å². The van der Waals surface area contributed by atoms with Crippen molar-refractivity contribution < 1.29 is 0 Å². The fraction of sp³-hybridized carbons (Fsp3) is 0.438. The van der Waals surface area contributed by atoms with Gasteiger partial charge in [0, 0.05) is 23.4 Å². The molecule has 20 heavy (non-hydrogen) atoms. The van der Waals surface area contributed by atoms with Gasteiger partial charge in [0.1, 0.15) is 0 Å². The number of nitrogens with one attached hydrogen (secondary N) is 1. The molecule has 2 aromatic rings. The van der Waals surface area contributed by atoms with Crippen molar-refractivity contribution in [2.45, 2.75) is 26.3 Å². The maximum atomic E-state index is 6.25. The van der Waals surface area contributed by atoms with E-state index in [1.807, 2.05) is 42.2 Å². The van der Waals surface area contributed by atoms with Crippen LogP contribution in [0.25, 0.3) is 10.9 Å². The van der Waals surface area contributed by atoms with E-state index in [0.717, 1.165) is 27.4 Å². The van der Waals surface area contributed by atoms with Crippen molar-refractivity contribution in [1.82, 2.24) is 4.98 Å². The molecule has 0 aliphatic carbocycles. The number of benzene rings is 1. The van der Waals surface area contributed by atoms with Crippen LogP contribution in [0.1, 0.15) is 20.3 Å². The highest BCUT2D eigenvalue weighted by molar-refractivity contribution is 7.99. The third kappa shape index (κ3) is 2.89. The summed E-state index contributed by atoms with van der Waals surface area (Å²) < 4.78 is 0. The molecule has 1 atom stereocenters. The summed E-state index contributed by atoms with van der Waals surface area (Å²) >= 11 is 8.27. The first-order valence-corrected chi connectivity index (χ1v) is 8.46. The van der Waals surface area contributed by atoms with Gasteiger partial charge in [0.15, 0.2) is 0 Å². The van der Waals surface area contributed by atoms with Crippen LogP contribution < -0.4 is 5.32 Å². The van der Waals surface area contributed by atoms with E-state index in [1.54, 1.807) is 0 Å². The molecule has 2 heterocycles.